The second kappa shape index (κ2) is 4.34. The van der Waals surface area contributed by atoms with E-state index in [-0.39, 0.29) is 5.54 Å². The number of fused-ring (bicyclic) bond motifs is 1. The second-order valence-corrected chi connectivity index (χ2v) is 5.36. The van der Waals surface area contributed by atoms with Crippen molar-refractivity contribution in [2.45, 2.75) is 37.6 Å². The molecule has 1 heterocycles. The van der Waals surface area contributed by atoms with Crippen LogP contribution in [0.4, 0.5) is 0 Å². The number of rotatable bonds is 2. The van der Waals surface area contributed by atoms with Crippen LogP contribution in [0.3, 0.4) is 0 Å². The van der Waals surface area contributed by atoms with Crippen LogP contribution < -0.4 is 10.1 Å². The fourth-order valence-corrected chi connectivity index (χ4v) is 3.72. The fourth-order valence-electron chi connectivity index (χ4n) is 3.72. The summed E-state index contributed by atoms with van der Waals surface area (Å²) in [5, 5.41) is 3.78. The Morgan fingerprint density at radius 3 is 3.12 bits per heavy atom. The summed E-state index contributed by atoms with van der Waals surface area (Å²) >= 11 is 0. The Bertz CT molecular complexity index is 404. The predicted molar refractivity (Wildman–Crippen MR) is 69.2 cm³/mol. The molecular weight excluding hydrogens is 210 g/mol. The van der Waals surface area contributed by atoms with Crippen LogP contribution in [0.5, 0.6) is 5.75 Å². The number of hydrogen-bond acceptors (Lipinski definition) is 2. The molecule has 0 radical (unpaired) electrons. The molecule has 2 nitrogen and oxygen atoms in total. The van der Waals surface area contributed by atoms with Crippen molar-refractivity contribution in [2.24, 2.45) is 5.92 Å². The molecule has 1 saturated carbocycles. The number of hydrogen-bond donors (Lipinski definition) is 1. The van der Waals surface area contributed by atoms with Gasteiger partial charge in [-0.1, -0.05) is 25.0 Å². The largest absolute Gasteiger partial charge is 0.497 e. The Morgan fingerprint density at radius 2 is 2.24 bits per heavy atom. The maximum atomic E-state index is 5.36. The van der Waals surface area contributed by atoms with Crippen LogP contribution >= 0.6 is 0 Å². The minimum Gasteiger partial charge on any atom is -0.497 e. The number of nitrogens with one attached hydrogen (secondary N) is 1. The average Bonchev–Trinajstić information content (AvgIpc) is 2.84. The monoisotopic (exact) mass is 231 g/mol. The van der Waals surface area contributed by atoms with Crippen molar-refractivity contribution >= 4 is 0 Å². The first kappa shape index (κ1) is 11.1. The van der Waals surface area contributed by atoms with Gasteiger partial charge < -0.3 is 10.1 Å². The Labute approximate surface area is 103 Å². The normalized spacial score (nSPS) is 32.2. The van der Waals surface area contributed by atoms with Gasteiger partial charge in [0.15, 0.2) is 0 Å². The summed E-state index contributed by atoms with van der Waals surface area (Å²) in [6, 6.07) is 8.64. The van der Waals surface area contributed by atoms with E-state index in [4.69, 9.17) is 4.74 Å². The van der Waals surface area contributed by atoms with Gasteiger partial charge in [-0.2, -0.15) is 0 Å². The Hall–Kier alpha value is -1.02. The highest BCUT2D eigenvalue weighted by molar-refractivity contribution is 5.35. The lowest BCUT2D eigenvalue weighted by molar-refractivity contribution is 0.197. The van der Waals surface area contributed by atoms with Gasteiger partial charge in [0.25, 0.3) is 0 Å². The first-order valence-electron chi connectivity index (χ1n) is 6.75. The fraction of sp³-hybridized carbons (Fsp3) is 0.600. The maximum absolute atomic E-state index is 5.36. The highest BCUT2D eigenvalue weighted by Gasteiger charge is 2.45. The zero-order chi connectivity index (χ0) is 11.7. The van der Waals surface area contributed by atoms with Gasteiger partial charge in [-0.25, -0.2) is 0 Å². The van der Waals surface area contributed by atoms with Gasteiger partial charge in [0.05, 0.1) is 7.11 Å². The van der Waals surface area contributed by atoms with Gasteiger partial charge >= 0.3 is 0 Å². The van der Waals surface area contributed by atoms with Crippen molar-refractivity contribution in [3.8, 4) is 5.75 Å². The van der Waals surface area contributed by atoms with Crippen molar-refractivity contribution in [2.75, 3.05) is 13.7 Å². The van der Waals surface area contributed by atoms with Crippen molar-refractivity contribution in [1.82, 2.24) is 5.32 Å². The highest BCUT2D eigenvalue weighted by Crippen LogP contribution is 2.46. The molecule has 2 atom stereocenters. The number of methoxy groups -OCH3 is 1. The molecule has 2 fully saturated rings. The summed E-state index contributed by atoms with van der Waals surface area (Å²) in [4.78, 5) is 0. The molecule has 0 amide bonds. The molecule has 1 aliphatic carbocycles. The van der Waals surface area contributed by atoms with E-state index in [0.29, 0.717) is 0 Å². The molecule has 1 N–H and O–H groups in total. The van der Waals surface area contributed by atoms with Gasteiger partial charge in [-0.15, -0.1) is 0 Å². The molecule has 0 bridgehead atoms. The molecule has 0 spiro atoms. The average molecular weight is 231 g/mol. The van der Waals surface area contributed by atoms with E-state index < -0.39 is 0 Å². The molecule has 1 saturated heterocycles. The quantitative estimate of drug-likeness (QED) is 0.844. The summed E-state index contributed by atoms with van der Waals surface area (Å²) in [6.45, 7) is 1.17. The van der Waals surface area contributed by atoms with E-state index in [1.54, 1.807) is 7.11 Å². The van der Waals surface area contributed by atoms with E-state index in [0.717, 1.165) is 11.7 Å². The van der Waals surface area contributed by atoms with Crippen molar-refractivity contribution in [3.05, 3.63) is 29.8 Å². The van der Waals surface area contributed by atoms with Crippen LogP contribution in [-0.4, -0.2) is 13.7 Å². The maximum Gasteiger partial charge on any atom is 0.119 e. The molecular formula is C15H21NO. The second-order valence-electron chi connectivity index (χ2n) is 5.36. The van der Waals surface area contributed by atoms with Gasteiger partial charge in [-0.05, 0) is 49.4 Å². The van der Waals surface area contributed by atoms with E-state index in [2.05, 4.69) is 23.5 Å². The molecule has 1 aromatic carbocycles. The molecule has 17 heavy (non-hydrogen) atoms. The van der Waals surface area contributed by atoms with Crippen LogP contribution in [0.2, 0.25) is 0 Å². The molecule has 1 aliphatic heterocycles. The summed E-state index contributed by atoms with van der Waals surface area (Å²) in [7, 11) is 1.75. The van der Waals surface area contributed by atoms with E-state index in [1.807, 2.05) is 6.07 Å². The summed E-state index contributed by atoms with van der Waals surface area (Å²) in [6.07, 6.45) is 6.74. The molecule has 2 heteroatoms. The first-order valence-corrected chi connectivity index (χ1v) is 6.75. The Morgan fingerprint density at radius 1 is 1.29 bits per heavy atom. The van der Waals surface area contributed by atoms with Crippen molar-refractivity contribution in [3.63, 3.8) is 0 Å². The van der Waals surface area contributed by atoms with Crippen molar-refractivity contribution < 1.29 is 4.74 Å². The predicted octanol–water partition coefficient (Wildman–Crippen LogP) is 3.07. The zero-order valence-corrected chi connectivity index (χ0v) is 10.5. The molecule has 3 rings (SSSR count). The van der Waals surface area contributed by atoms with E-state index >= 15 is 0 Å². The Balaban J connectivity index is 1.99. The van der Waals surface area contributed by atoms with Crippen molar-refractivity contribution in [1.29, 1.82) is 0 Å². The van der Waals surface area contributed by atoms with Gasteiger partial charge in [-0.3, -0.25) is 0 Å². The van der Waals surface area contributed by atoms with Gasteiger partial charge in [0, 0.05) is 5.54 Å². The smallest absolute Gasteiger partial charge is 0.119 e. The lowest BCUT2D eigenvalue weighted by atomic mass is 9.70. The molecule has 2 aliphatic rings. The lowest BCUT2D eigenvalue weighted by Gasteiger charge is -2.40. The summed E-state index contributed by atoms with van der Waals surface area (Å²) in [5.74, 6) is 1.80. The molecule has 0 aromatic heterocycles. The molecule has 92 valence electrons. The summed E-state index contributed by atoms with van der Waals surface area (Å²) in [5.41, 5.74) is 1.67. The van der Waals surface area contributed by atoms with Crippen LogP contribution in [0.25, 0.3) is 0 Å². The van der Waals surface area contributed by atoms with Crippen LogP contribution in [0, 0.1) is 5.92 Å². The Kier molecular flexibility index (Phi) is 2.83. The zero-order valence-electron chi connectivity index (χ0n) is 10.5. The van der Waals surface area contributed by atoms with E-state index in [9.17, 15) is 0 Å². The minimum atomic E-state index is 0.243. The van der Waals surface area contributed by atoms with E-state index in [1.165, 1.54) is 44.2 Å². The number of benzene rings is 1. The third-order valence-electron chi connectivity index (χ3n) is 4.59. The van der Waals surface area contributed by atoms with Crippen LogP contribution in [0.1, 0.15) is 37.7 Å². The third-order valence-corrected chi connectivity index (χ3v) is 4.59. The highest BCUT2D eigenvalue weighted by atomic mass is 16.5. The topological polar surface area (TPSA) is 21.3 Å². The first-order chi connectivity index (χ1) is 8.35. The minimum absolute atomic E-state index is 0.243. The standard InChI is InChI=1S/C15H21NO/c1-17-14-7-4-6-13(11-14)15-9-3-2-5-12(15)8-10-16-15/h4,6-7,11-12,16H,2-3,5,8-10H2,1H3/t12-,15-/m0/s1. The molecule has 0 unspecified atom stereocenters. The summed E-state index contributed by atoms with van der Waals surface area (Å²) < 4.78 is 5.36. The van der Waals surface area contributed by atoms with Crippen LogP contribution in [0.15, 0.2) is 24.3 Å². The van der Waals surface area contributed by atoms with Gasteiger partial charge in [0.1, 0.15) is 5.75 Å². The van der Waals surface area contributed by atoms with Crippen LogP contribution in [-0.2, 0) is 5.54 Å². The molecule has 1 aromatic rings. The van der Waals surface area contributed by atoms with Gasteiger partial charge in [0.2, 0.25) is 0 Å². The lowest BCUT2D eigenvalue weighted by Crippen LogP contribution is -2.43. The SMILES string of the molecule is COc1cccc([C@]23CCCC[C@H]2CCN3)c1. The number of ether oxygens (including phenoxy) is 1. The third kappa shape index (κ3) is 1.75.